The molecular weight excluding hydrogens is 210 g/mol. The molecular formula is C11H21NO4. The molecule has 0 aromatic rings. The van der Waals surface area contributed by atoms with Gasteiger partial charge in [-0.2, -0.15) is 0 Å². The van der Waals surface area contributed by atoms with E-state index >= 15 is 0 Å². The molecule has 16 heavy (non-hydrogen) atoms. The molecule has 1 rings (SSSR count). The number of methoxy groups -OCH3 is 1. The molecule has 0 saturated carbocycles. The molecule has 94 valence electrons. The molecule has 0 aromatic heterocycles. The zero-order valence-corrected chi connectivity index (χ0v) is 10.4. The lowest BCUT2D eigenvalue weighted by molar-refractivity contribution is -0.144. The molecule has 0 radical (unpaired) electrons. The highest BCUT2D eigenvalue weighted by atomic mass is 16.7. The highest BCUT2D eigenvalue weighted by Crippen LogP contribution is 2.21. The van der Waals surface area contributed by atoms with Gasteiger partial charge in [0.1, 0.15) is 6.04 Å². The molecule has 1 aliphatic rings. The fourth-order valence-corrected chi connectivity index (χ4v) is 1.67. The Labute approximate surface area is 96.4 Å². The minimum absolute atomic E-state index is 0.00583. The minimum Gasteiger partial charge on any atom is -0.468 e. The summed E-state index contributed by atoms with van der Waals surface area (Å²) < 4.78 is 15.7. The Morgan fingerprint density at radius 2 is 2.31 bits per heavy atom. The topological polar surface area (TPSA) is 56.8 Å². The van der Waals surface area contributed by atoms with Crippen molar-refractivity contribution in [1.82, 2.24) is 5.32 Å². The quantitative estimate of drug-likeness (QED) is 0.705. The summed E-state index contributed by atoms with van der Waals surface area (Å²) in [5, 5.41) is 3.12. The summed E-state index contributed by atoms with van der Waals surface area (Å²) in [5.41, 5.74) is 0. The summed E-state index contributed by atoms with van der Waals surface area (Å²) in [6.07, 6.45) is 0.692. The van der Waals surface area contributed by atoms with Crippen molar-refractivity contribution < 1.29 is 19.0 Å². The number of nitrogens with one attached hydrogen (secondary N) is 1. The van der Waals surface area contributed by atoms with E-state index in [1.54, 1.807) is 0 Å². The first kappa shape index (κ1) is 13.4. The number of hydrogen-bond acceptors (Lipinski definition) is 5. The highest BCUT2D eigenvalue weighted by Gasteiger charge is 2.33. The summed E-state index contributed by atoms with van der Waals surface area (Å²) in [4.78, 5) is 11.3. The van der Waals surface area contributed by atoms with E-state index < -0.39 is 5.79 Å². The van der Waals surface area contributed by atoms with Crippen LogP contribution in [0.5, 0.6) is 0 Å². The van der Waals surface area contributed by atoms with Crippen LogP contribution in [0.25, 0.3) is 0 Å². The van der Waals surface area contributed by atoms with Crippen molar-refractivity contribution in [2.24, 2.45) is 0 Å². The van der Waals surface area contributed by atoms with Gasteiger partial charge >= 0.3 is 5.97 Å². The van der Waals surface area contributed by atoms with Crippen molar-refractivity contribution in [3.63, 3.8) is 0 Å². The van der Waals surface area contributed by atoms with Gasteiger partial charge in [0.05, 0.1) is 19.8 Å². The second kappa shape index (κ2) is 5.61. The first-order valence-electron chi connectivity index (χ1n) is 5.61. The predicted octanol–water partition coefficient (Wildman–Crippen LogP) is 0.679. The standard InChI is InChI=1S/C11H21NO4/c1-5-9(10(13)14-4)12-6-8-7-15-11(2,3)16-8/h8-9,12H,5-7H2,1-4H3. The number of hydrogen-bond donors (Lipinski definition) is 1. The van der Waals surface area contributed by atoms with Gasteiger partial charge in [0.2, 0.25) is 0 Å². The lowest BCUT2D eigenvalue weighted by atomic mass is 10.2. The zero-order chi connectivity index (χ0) is 12.2. The molecule has 2 atom stereocenters. The second-order valence-corrected chi connectivity index (χ2v) is 4.34. The van der Waals surface area contributed by atoms with Gasteiger partial charge < -0.3 is 19.5 Å². The summed E-state index contributed by atoms with van der Waals surface area (Å²) in [6.45, 7) is 6.84. The van der Waals surface area contributed by atoms with Crippen LogP contribution in [0.15, 0.2) is 0 Å². The molecule has 5 heteroatoms. The third-order valence-electron chi connectivity index (χ3n) is 2.55. The summed E-state index contributed by atoms with van der Waals surface area (Å²) in [7, 11) is 1.39. The molecule has 1 aliphatic heterocycles. The molecule has 1 N–H and O–H groups in total. The molecule has 1 saturated heterocycles. The number of esters is 1. The van der Waals surface area contributed by atoms with Crippen LogP contribution in [-0.2, 0) is 19.0 Å². The molecule has 0 bridgehead atoms. The summed E-state index contributed by atoms with van der Waals surface area (Å²) in [6, 6.07) is -0.266. The first-order valence-corrected chi connectivity index (χ1v) is 5.61. The molecule has 1 heterocycles. The van der Waals surface area contributed by atoms with E-state index in [1.807, 2.05) is 20.8 Å². The van der Waals surface area contributed by atoms with Crippen molar-refractivity contribution in [3.05, 3.63) is 0 Å². The maximum absolute atomic E-state index is 11.3. The van der Waals surface area contributed by atoms with Gasteiger partial charge in [0.15, 0.2) is 5.79 Å². The Bertz CT molecular complexity index is 242. The van der Waals surface area contributed by atoms with E-state index in [1.165, 1.54) is 7.11 Å². The summed E-state index contributed by atoms with van der Waals surface area (Å²) in [5.74, 6) is -0.750. The largest absolute Gasteiger partial charge is 0.468 e. The van der Waals surface area contributed by atoms with Crippen molar-refractivity contribution in [2.75, 3.05) is 20.3 Å². The molecule has 0 spiro atoms. The van der Waals surface area contributed by atoms with Crippen LogP contribution >= 0.6 is 0 Å². The fraction of sp³-hybridized carbons (Fsp3) is 0.909. The minimum atomic E-state index is -0.515. The Balaban J connectivity index is 2.31. The summed E-state index contributed by atoms with van der Waals surface area (Å²) >= 11 is 0. The van der Waals surface area contributed by atoms with Crippen molar-refractivity contribution >= 4 is 5.97 Å². The van der Waals surface area contributed by atoms with E-state index in [0.29, 0.717) is 19.6 Å². The van der Waals surface area contributed by atoms with Crippen LogP contribution in [0.3, 0.4) is 0 Å². The van der Waals surface area contributed by atoms with Crippen LogP contribution in [0.1, 0.15) is 27.2 Å². The average Bonchev–Trinajstić information content (AvgIpc) is 2.58. The zero-order valence-electron chi connectivity index (χ0n) is 10.4. The number of carbonyl (C=O) groups is 1. The van der Waals surface area contributed by atoms with E-state index in [0.717, 1.165) is 0 Å². The van der Waals surface area contributed by atoms with Gasteiger partial charge in [0, 0.05) is 6.54 Å². The number of carbonyl (C=O) groups excluding carboxylic acids is 1. The van der Waals surface area contributed by atoms with Crippen LogP contribution < -0.4 is 5.32 Å². The molecule has 1 fully saturated rings. The van der Waals surface area contributed by atoms with Gasteiger partial charge in [-0.3, -0.25) is 4.79 Å². The van der Waals surface area contributed by atoms with E-state index in [9.17, 15) is 4.79 Å². The third kappa shape index (κ3) is 3.73. The third-order valence-corrected chi connectivity index (χ3v) is 2.55. The monoisotopic (exact) mass is 231 g/mol. The molecule has 0 amide bonds. The van der Waals surface area contributed by atoms with Crippen LogP contribution in [0, 0.1) is 0 Å². The molecule has 0 aliphatic carbocycles. The Morgan fingerprint density at radius 1 is 1.62 bits per heavy atom. The first-order chi connectivity index (χ1) is 7.48. The second-order valence-electron chi connectivity index (χ2n) is 4.34. The maximum atomic E-state index is 11.3. The van der Waals surface area contributed by atoms with Gasteiger partial charge in [-0.1, -0.05) is 6.92 Å². The predicted molar refractivity (Wildman–Crippen MR) is 59.0 cm³/mol. The van der Waals surface area contributed by atoms with Gasteiger partial charge in [-0.15, -0.1) is 0 Å². The van der Waals surface area contributed by atoms with Gasteiger partial charge in [-0.25, -0.2) is 0 Å². The Morgan fingerprint density at radius 3 is 2.75 bits per heavy atom. The lowest BCUT2D eigenvalue weighted by Crippen LogP contribution is -2.42. The van der Waals surface area contributed by atoms with Gasteiger partial charge in [-0.05, 0) is 20.3 Å². The molecule has 2 unspecified atom stereocenters. The lowest BCUT2D eigenvalue weighted by Gasteiger charge is -2.19. The number of ether oxygens (including phenoxy) is 3. The molecule has 0 aromatic carbocycles. The Kier molecular flexibility index (Phi) is 4.70. The normalized spacial score (nSPS) is 25.4. The van der Waals surface area contributed by atoms with Crippen molar-refractivity contribution in [1.29, 1.82) is 0 Å². The number of rotatable bonds is 5. The van der Waals surface area contributed by atoms with Crippen LogP contribution in [0.2, 0.25) is 0 Å². The Hall–Kier alpha value is -0.650. The van der Waals surface area contributed by atoms with Crippen LogP contribution in [0.4, 0.5) is 0 Å². The smallest absolute Gasteiger partial charge is 0.322 e. The molecule has 5 nitrogen and oxygen atoms in total. The average molecular weight is 231 g/mol. The highest BCUT2D eigenvalue weighted by molar-refractivity contribution is 5.75. The van der Waals surface area contributed by atoms with Crippen molar-refractivity contribution in [3.8, 4) is 0 Å². The van der Waals surface area contributed by atoms with E-state index in [4.69, 9.17) is 9.47 Å². The fourth-order valence-electron chi connectivity index (χ4n) is 1.67. The SMILES string of the molecule is CCC(NCC1COC(C)(C)O1)C(=O)OC. The van der Waals surface area contributed by atoms with Crippen LogP contribution in [-0.4, -0.2) is 44.2 Å². The maximum Gasteiger partial charge on any atom is 0.322 e. The van der Waals surface area contributed by atoms with Gasteiger partial charge in [0.25, 0.3) is 0 Å². The van der Waals surface area contributed by atoms with Crippen molar-refractivity contribution in [2.45, 2.75) is 45.1 Å². The van der Waals surface area contributed by atoms with E-state index in [2.05, 4.69) is 10.1 Å². The van der Waals surface area contributed by atoms with E-state index in [-0.39, 0.29) is 18.1 Å².